The molecule has 3 rings (SSSR count). The number of nitrogens with zero attached hydrogens (tertiary/aromatic N) is 3. The van der Waals surface area contributed by atoms with E-state index in [-0.39, 0.29) is 5.56 Å². The van der Waals surface area contributed by atoms with Crippen molar-refractivity contribution in [1.82, 2.24) is 10.4 Å². The first-order valence-corrected chi connectivity index (χ1v) is 7.73. The van der Waals surface area contributed by atoms with Crippen molar-refractivity contribution < 1.29 is 15.3 Å². The maximum Gasteiger partial charge on any atom is 0.200 e. The van der Waals surface area contributed by atoms with Crippen LogP contribution in [0.3, 0.4) is 0 Å². The van der Waals surface area contributed by atoms with E-state index < -0.39 is 17.2 Å². The minimum atomic E-state index is -0.600. The zero-order chi connectivity index (χ0) is 18.4. The lowest BCUT2D eigenvalue weighted by Crippen LogP contribution is -2.20. The second-order valence-electron chi connectivity index (χ2n) is 5.25. The molecule has 0 amide bonds. The number of amidine groups is 1. The van der Waals surface area contributed by atoms with Gasteiger partial charge in [0.2, 0.25) is 5.75 Å². The van der Waals surface area contributed by atoms with Gasteiger partial charge < -0.3 is 15.3 Å². The Labute approximate surface area is 149 Å². The van der Waals surface area contributed by atoms with Crippen molar-refractivity contribution in [3.05, 3.63) is 78.1 Å². The quantitative estimate of drug-likeness (QED) is 0.251. The normalized spacial score (nSPS) is 11.6. The van der Waals surface area contributed by atoms with Crippen molar-refractivity contribution >= 4 is 17.7 Å². The number of rotatable bonds is 4. The first-order chi connectivity index (χ1) is 12.6. The van der Waals surface area contributed by atoms with E-state index in [9.17, 15) is 15.3 Å². The Kier molecular flexibility index (Phi) is 5.09. The molecular weight excluding hydrogens is 332 g/mol. The molecule has 0 aliphatic heterocycles. The predicted molar refractivity (Wildman–Crippen MR) is 99.0 cm³/mol. The third-order valence-corrected chi connectivity index (χ3v) is 3.44. The Hall–Kier alpha value is -3.87. The van der Waals surface area contributed by atoms with Crippen LogP contribution in [0.5, 0.6) is 17.2 Å². The van der Waals surface area contributed by atoms with Gasteiger partial charge in [0.1, 0.15) is 5.69 Å². The second kappa shape index (κ2) is 7.80. The Bertz CT molecular complexity index is 942. The number of pyridine rings is 1. The Morgan fingerprint density at radius 1 is 0.885 bits per heavy atom. The minimum Gasteiger partial charge on any atom is -0.504 e. The highest BCUT2D eigenvalue weighted by Crippen LogP contribution is 2.36. The summed E-state index contributed by atoms with van der Waals surface area (Å²) in [4.78, 5) is 8.75. The summed E-state index contributed by atoms with van der Waals surface area (Å²) in [7, 11) is 0. The first-order valence-electron chi connectivity index (χ1n) is 7.73. The number of aliphatic imine (C=N–C) groups is 1. The minimum absolute atomic E-state index is 0.230. The van der Waals surface area contributed by atoms with Gasteiger partial charge in [0.05, 0.1) is 11.9 Å². The molecule has 7 nitrogen and oxygen atoms in total. The summed E-state index contributed by atoms with van der Waals surface area (Å²) >= 11 is 0. The molecule has 0 bridgehead atoms. The summed E-state index contributed by atoms with van der Waals surface area (Å²) in [5, 5.41) is 32.8. The molecular formula is C19H16N4O3. The van der Waals surface area contributed by atoms with E-state index in [0.717, 1.165) is 5.69 Å². The number of benzene rings is 2. The lowest BCUT2D eigenvalue weighted by molar-refractivity contribution is 0.367. The van der Waals surface area contributed by atoms with Gasteiger partial charge in [-0.15, -0.1) is 0 Å². The van der Waals surface area contributed by atoms with Crippen LogP contribution in [0.25, 0.3) is 0 Å². The number of nitrogens with one attached hydrogen (secondary N) is 1. The number of para-hydroxylation sites is 1. The topological polar surface area (TPSA) is 110 Å². The van der Waals surface area contributed by atoms with Crippen LogP contribution in [0, 0.1) is 0 Å². The summed E-state index contributed by atoms with van der Waals surface area (Å²) in [6, 6.07) is 17.4. The largest absolute Gasteiger partial charge is 0.504 e. The van der Waals surface area contributed by atoms with E-state index in [2.05, 4.69) is 20.5 Å². The van der Waals surface area contributed by atoms with Crippen LogP contribution >= 0.6 is 0 Å². The highest BCUT2D eigenvalue weighted by Gasteiger charge is 2.09. The number of hydrogen-bond acceptors (Lipinski definition) is 6. The maximum atomic E-state index is 9.82. The van der Waals surface area contributed by atoms with Crippen molar-refractivity contribution in [2.75, 3.05) is 0 Å². The molecule has 0 aliphatic rings. The highest BCUT2D eigenvalue weighted by atomic mass is 16.3. The molecule has 1 heterocycles. The average Bonchev–Trinajstić information content (AvgIpc) is 2.68. The first kappa shape index (κ1) is 17.0. The van der Waals surface area contributed by atoms with Crippen molar-refractivity contribution in [2.24, 2.45) is 10.1 Å². The monoisotopic (exact) mass is 348 g/mol. The Balaban J connectivity index is 1.87. The molecule has 0 unspecified atom stereocenters. The van der Waals surface area contributed by atoms with Gasteiger partial charge in [-0.2, -0.15) is 5.10 Å². The van der Waals surface area contributed by atoms with Gasteiger partial charge in [-0.25, -0.2) is 4.99 Å². The van der Waals surface area contributed by atoms with Crippen LogP contribution < -0.4 is 5.43 Å². The average molecular weight is 348 g/mol. The molecule has 2 aromatic carbocycles. The van der Waals surface area contributed by atoms with Crippen LogP contribution in [-0.2, 0) is 0 Å². The van der Waals surface area contributed by atoms with Crippen LogP contribution in [0.4, 0.5) is 5.69 Å². The van der Waals surface area contributed by atoms with Crippen LogP contribution in [0.15, 0.2) is 77.0 Å². The lowest BCUT2D eigenvalue weighted by atomic mass is 10.2. The molecule has 0 spiro atoms. The molecule has 0 fully saturated rings. The molecule has 0 aliphatic carbocycles. The standard InChI is InChI=1S/C19H16N4O3/c24-16-10-9-13(17(25)18(16)26)12-21-23-19(15-8-4-5-11-20-15)22-14-6-2-1-3-7-14/h1-12,24-26H,(H,22,23). The number of phenolic OH excluding ortho intramolecular Hbond substituents is 3. The molecule has 130 valence electrons. The third-order valence-electron chi connectivity index (χ3n) is 3.44. The highest BCUT2D eigenvalue weighted by molar-refractivity contribution is 5.99. The van der Waals surface area contributed by atoms with Crippen LogP contribution in [0.1, 0.15) is 11.3 Å². The molecule has 0 saturated carbocycles. The summed E-state index contributed by atoms with van der Waals surface area (Å²) in [6.07, 6.45) is 2.95. The maximum absolute atomic E-state index is 9.82. The van der Waals surface area contributed by atoms with Gasteiger partial charge in [-0.1, -0.05) is 24.3 Å². The second-order valence-corrected chi connectivity index (χ2v) is 5.25. The molecule has 4 N–H and O–H groups in total. The van der Waals surface area contributed by atoms with E-state index >= 15 is 0 Å². The molecule has 26 heavy (non-hydrogen) atoms. The zero-order valence-electron chi connectivity index (χ0n) is 13.6. The fourth-order valence-electron chi connectivity index (χ4n) is 2.13. The van der Waals surface area contributed by atoms with E-state index in [1.54, 1.807) is 18.3 Å². The van der Waals surface area contributed by atoms with Crippen LogP contribution in [0.2, 0.25) is 0 Å². The summed E-state index contributed by atoms with van der Waals surface area (Å²) in [6.45, 7) is 0. The number of phenols is 3. The van der Waals surface area contributed by atoms with E-state index in [0.29, 0.717) is 11.5 Å². The van der Waals surface area contributed by atoms with Gasteiger partial charge in [-0.3, -0.25) is 10.4 Å². The predicted octanol–water partition coefficient (Wildman–Crippen LogP) is 2.90. The van der Waals surface area contributed by atoms with Gasteiger partial charge in [-0.05, 0) is 36.4 Å². The molecule has 0 saturated heterocycles. The fourth-order valence-corrected chi connectivity index (χ4v) is 2.13. The molecule has 0 atom stereocenters. The molecule has 0 radical (unpaired) electrons. The Morgan fingerprint density at radius 2 is 1.65 bits per heavy atom. The summed E-state index contributed by atoms with van der Waals surface area (Å²) in [5.74, 6) is -1.06. The van der Waals surface area contributed by atoms with Gasteiger partial charge in [0.25, 0.3) is 0 Å². The number of aromatic hydroxyl groups is 3. The molecule has 3 aromatic rings. The number of aromatic nitrogens is 1. The fraction of sp³-hybridized carbons (Fsp3) is 0. The van der Waals surface area contributed by atoms with Gasteiger partial charge in [0, 0.05) is 11.8 Å². The van der Waals surface area contributed by atoms with Crippen molar-refractivity contribution in [3.8, 4) is 17.2 Å². The summed E-state index contributed by atoms with van der Waals surface area (Å²) < 4.78 is 0. The number of hydrogen-bond donors (Lipinski definition) is 4. The van der Waals surface area contributed by atoms with Gasteiger partial charge >= 0.3 is 0 Å². The Morgan fingerprint density at radius 3 is 2.38 bits per heavy atom. The van der Waals surface area contributed by atoms with Crippen molar-refractivity contribution in [1.29, 1.82) is 0 Å². The van der Waals surface area contributed by atoms with Gasteiger partial charge in [0.15, 0.2) is 17.3 Å². The lowest BCUT2D eigenvalue weighted by Gasteiger charge is -2.06. The smallest absolute Gasteiger partial charge is 0.200 e. The number of hydrazone groups is 1. The van der Waals surface area contributed by atoms with E-state index in [1.807, 2.05) is 36.4 Å². The van der Waals surface area contributed by atoms with Crippen molar-refractivity contribution in [2.45, 2.75) is 0 Å². The summed E-state index contributed by atoms with van der Waals surface area (Å²) in [5.41, 5.74) is 4.34. The SMILES string of the molecule is Oc1ccc(C=NNC(=Nc2ccccc2)c2ccccn2)c(O)c1O. The van der Waals surface area contributed by atoms with E-state index in [4.69, 9.17) is 0 Å². The molecule has 7 heteroatoms. The third kappa shape index (κ3) is 3.96. The molecule has 1 aromatic heterocycles. The van der Waals surface area contributed by atoms with E-state index in [1.165, 1.54) is 18.3 Å². The zero-order valence-corrected chi connectivity index (χ0v) is 13.6. The van der Waals surface area contributed by atoms with Crippen molar-refractivity contribution in [3.63, 3.8) is 0 Å². The van der Waals surface area contributed by atoms with Crippen LogP contribution in [-0.4, -0.2) is 32.4 Å².